The molecule has 3 rings (SSSR count). The highest BCUT2D eigenvalue weighted by molar-refractivity contribution is 7.90. The van der Waals surface area contributed by atoms with E-state index in [9.17, 15) is 8.42 Å². The summed E-state index contributed by atoms with van der Waals surface area (Å²) < 4.78 is 28.8. The van der Waals surface area contributed by atoms with E-state index in [0.29, 0.717) is 23.8 Å². The zero-order chi connectivity index (χ0) is 18.2. The van der Waals surface area contributed by atoms with E-state index in [-0.39, 0.29) is 4.90 Å². The standard InChI is InChI=1S/C17H22N4O3S/c1-4-17(18)10-15(21-16-12(17)7-8-19-16)20-13-6-5-11(25(3,22)23)9-14(13)24-2/h5-7,9-10,20H,4,8,18H2,1-3H3,(H,19,21). The highest BCUT2D eigenvalue weighted by Gasteiger charge is 2.35. The Bertz CT molecular complexity index is 902. The highest BCUT2D eigenvalue weighted by Crippen LogP contribution is 2.32. The van der Waals surface area contributed by atoms with Gasteiger partial charge in [-0.25, -0.2) is 8.42 Å². The number of hydrogen-bond donors (Lipinski definition) is 3. The zero-order valence-corrected chi connectivity index (χ0v) is 15.3. The number of hydrogen-bond acceptors (Lipinski definition) is 7. The molecule has 2 aliphatic rings. The second kappa shape index (κ2) is 6.20. The number of methoxy groups -OCH3 is 1. The van der Waals surface area contributed by atoms with Crippen LogP contribution in [0, 0.1) is 0 Å². The van der Waals surface area contributed by atoms with Gasteiger partial charge < -0.3 is 21.1 Å². The Labute approximate surface area is 147 Å². The monoisotopic (exact) mass is 362 g/mol. The fourth-order valence-corrected chi connectivity index (χ4v) is 3.57. The Hall–Kier alpha value is -2.32. The van der Waals surface area contributed by atoms with Crippen LogP contribution in [0.5, 0.6) is 5.75 Å². The van der Waals surface area contributed by atoms with E-state index < -0.39 is 15.4 Å². The second-order valence-electron chi connectivity index (χ2n) is 6.14. The average Bonchev–Trinajstić information content (AvgIpc) is 3.03. The highest BCUT2D eigenvalue weighted by atomic mass is 32.2. The van der Waals surface area contributed by atoms with E-state index in [1.54, 1.807) is 6.07 Å². The van der Waals surface area contributed by atoms with Crippen molar-refractivity contribution in [3.05, 3.63) is 41.7 Å². The van der Waals surface area contributed by atoms with Gasteiger partial charge in [-0.2, -0.15) is 0 Å². The molecule has 0 saturated heterocycles. The third-order valence-electron chi connectivity index (χ3n) is 4.41. The summed E-state index contributed by atoms with van der Waals surface area (Å²) in [7, 11) is -1.81. The van der Waals surface area contributed by atoms with Crippen molar-refractivity contribution < 1.29 is 13.2 Å². The van der Waals surface area contributed by atoms with Crippen molar-refractivity contribution in [3.8, 4) is 5.75 Å². The third kappa shape index (κ3) is 3.27. The fraction of sp³-hybridized carbons (Fsp3) is 0.353. The molecule has 1 atom stereocenters. The van der Waals surface area contributed by atoms with Crippen LogP contribution in [0.25, 0.3) is 0 Å². The summed E-state index contributed by atoms with van der Waals surface area (Å²) in [5, 5.41) is 6.45. The van der Waals surface area contributed by atoms with Crippen molar-refractivity contribution in [3.63, 3.8) is 0 Å². The predicted molar refractivity (Wildman–Crippen MR) is 98.5 cm³/mol. The Morgan fingerprint density at radius 1 is 1.44 bits per heavy atom. The SMILES string of the molecule is CCC1(N)C=C(Nc2ccc(S(C)(=O)=O)cc2OC)NC2=NCC=C21. The van der Waals surface area contributed by atoms with Gasteiger partial charge in [0.1, 0.15) is 17.4 Å². The lowest BCUT2D eigenvalue weighted by Gasteiger charge is -2.34. The summed E-state index contributed by atoms with van der Waals surface area (Å²) in [5.41, 5.74) is 7.57. The lowest BCUT2D eigenvalue weighted by Crippen LogP contribution is -2.50. The molecule has 25 heavy (non-hydrogen) atoms. The Balaban J connectivity index is 1.95. The van der Waals surface area contributed by atoms with Gasteiger partial charge in [-0.1, -0.05) is 13.0 Å². The van der Waals surface area contributed by atoms with Crippen molar-refractivity contribution in [2.45, 2.75) is 23.8 Å². The molecule has 0 aromatic heterocycles. The summed E-state index contributed by atoms with van der Waals surface area (Å²) in [6.07, 6.45) is 5.85. The predicted octanol–water partition coefficient (Wildman–Crippen LogP) is 1.40. The van der Waals surface area contributed by atoms with E-state index in [4.69, 9.17) is 10.5 Å². The number of nitrogens with one attached hydrogen (secondary N) is 2. The number of rotatable bonds is 5. The Morgan fingerprint density at radius 2 is 2.20 bits per heavy atom. The molecule has 0 saturated carbocycles. The van der Waals surface area contributed by atoms with Gasteiger partial charge in [-0.05, 0) is 24.6 Å². The molecule has 7 nitrogen and oxygen atoms in total. The molecule has 0 aliphatic carbocycles. The molecular weight excluding hydrogens is 340 g/mol. The van der Waals surface area contributed by atoms with Crippen molar-refractivity contribution in [2.24, 2.45) is 10.7 Å². The minimum absolute atomic E-state index is 0.201. The summed E-state index contributed by atoms with van der Waals surface area (Å²) in [6.45, 7) is 2.64. The molecule has 8 heteroatoms. The molecule has 1 unspecified atom stereocenters. The molecule has 1 aromatic carbocycles. The van der Waals surface area contributed by atoms with Gasteiger partial charge in [0.15, 0.2) is 9.84 Å². The van der Waals surface area contributed by atoms with Crippen LogP contribution >= 0.6 is 0 Å². The molecule has 0 amide bonds. The van der Waals surface area contributed by atoms with Gasteiger partial charge in [0.2, 0.25) is 0 Å². The number of fused-ring (bicyclic) bond motifs is 1. The van der Waals surface area contributed by atoms with Crippen LogP contribution < -0.4 is 21.1 Å². The molecule has 0 spiro atoms. The van der Waals surface area contributed by atoms with E-state index >= 15 is 0 Å². The zero-order valence-electron chi connectivity index (χ0n) is 14.5. The van der Waals surface area contributed by atoms with Gasteiger partial charge in [0.05, 0.1) is 29.8 Å². The van der Waals surface area contributed by atoms with E-state index in [1.165, 1.54) is 19.2 Å². The van der Waals surface area contributed by atoms with Crippen LogP contribution in [0.2, 0.25) is 0 Å². The van der Waals surface area contributed by atoms with Gasteiger partial charge in [-0.15, -0.1) is 0 Å². The van der Waals surface area contributed by atoms with Crippen molar-refractivity contribution in [1.29, 1.82) is 0 Å². The van der Waals surface area contributed by atoms with E-state index in [1.807, 2.05) is 19.1 Å². The van der Waals surface area contributed by atoms with Gasteiger partial charge >= 0.3 is 0 Å². The molecule has 2 heterocycles. The van der Waals surface area contributed by atoms with Gasteiger partial charge in [0, 0.05) is 17.9 Å². The Morgan fingerprint density at radius 3 is 2.84 bits per heavy atom. The van der Waals surface area contributed by atoms with Crippen LogP contribution in [-0.4, -0.2) is 39.7 Å². The van der Waals surface area contributed by atoms with Crippen LogP contribution in [0.15, 0.2) is 51.6 Å². The smallest absolute Gasteiger partial charge is 0.175 e. The summed E-state index contributed by atoms with van der Waals surface area (Å²) in [6, 6.07) is 4.70. The lowest BCUT2D eigenvalue weighted by molar-refractivity contribution is 0.415. The maximum atomic E-state index is 11.7. The first-order valence-electron chi connectivity index (χ1n) is 7.96. The van der Waals surface area contributed by atoms with E-state index in [2.05, 4.69) is 15.6 Å². The molecular formula is C17H22N4O3S. The van der Waals surface area contributed by atoms with Crippen molar-refractivity contribution in [1.82, 2.24) is 5.32 Å². The first-order valence-corrected chi connectivity index (χ1v) is 9.85. The first kappa shape index (κ1) is 17.5. The molecule has 0 bridgehead atoms. The minimum atomic E-state index is -3.30. The first-order chi connectivity index (χ1) is 11.8. The summed E-state index contributed by atoms with van der Waals surface area (Å²) in [4.78, 5) is 4.62. The molecule has 2 aliphatic heterocycles. The lowest BCUT2D eigenvalue weighted by atomic mass is 9.85. The Kier molecular flexibility index (Phi) is 4.34. The number of ether oxygens (including phenoxy) is 1. The number of nitrogens with two attached hydrogens (primary N) is 1. The number of aliphatic imine (C=N–C) groups is 1. The molecule has 4 N–H and O–H groups in total. The average molecular weight is 362 g/mol. The molecule has 134 valence electrons. The normalized spacial score (nSPS) is 22.3. The number of benzene rings is 1. The van der Waals surface area contributed by atoms with Gasteiger partial charge in [-0.3, -0.25) is 4.99 Å². The van der Waals surface area contributed by atoms with Crippen LogP contribution in [-0.2, 0) is 9.84 Å². The molecule has 0 radical (unpaired) electrons. The summed E-state index contributed by atoms with van der Waals surface area (Å²) >= 11 is 0. The second-order valence-corrected chi connectivity index (χ2v) is 8.16. The van der Waals surface area contributed by atoms with Crippen molar-refractivity contribution >= 4 is 21.4 Å². The topological polar surface area (TPSA) is 106 Å². The maximum Gasteiger partial charge on any atom is 0.175 e. The largest absolute Gasteiger partial charge is 0.495 e. The van der Waals surface area contributed by atoms with E-state index in [0.717, 1.165) is 24.1 Å². The molecule has 1 aromatic rings. The summed E-state index contributed by atoms with van der Waals surface area (Å²) in [5.74, 6) is 1.88. The maximum absolute atomic E-state index is 11.7. The van der Waals surface area contributed by atoms with Crippen LogP contribution in [0.4, 0.5) is 5.69 Å². The van der Waals surface area contributed by atoms with Crippen LogP contribution in [0.1, 0.15) is 13.3 Å². The number of nitrogens with zero attached hydrogens (tertiary/aromatic N) is 1. The number of amidine groups is 1. The van der Waals surface area contributed by atoms with Crippen LogP contribution in [0.3, 0.4) is 0 Å². The number of anilines is 1. The molecule has 0 fully saturated rings. The van der Waals surface area contributed by atoms with Crippen molar-refractivity contribution in [2.75, 3.05) is 25.2 Å². The third-order valence-corrected chi connectivity index (χ3v) is 5.52. The number of sulfone groups is 1. The quantitative estimate of drug-likeness (QED) is 0.731. The van der Waals surface area contributed by atoms with Gasteiger partial charge in [0.25, 0.3) is 0 Å². The fourth-order valence-electron chi connectivity index (χ4n) is 2.94. The minimum Gasteiger partial charge on any atom is -0.495 e.